The Morgan fingerprint density at radius 3 is 2.67 bits per heavy atom. The molecule has 1 aromatic carbocycles. The van der Waals surface area contributed by atoms with E-state index < -0.39 is 12.0 Å². The number of fused-ring (bicyclic) bond motifs is 1. The van der Waals surface area contributed by atoms with Crippen LogP contribution in [0.1, 0.15) is 32.8 Å². The third kappa shape index (κ3) is 3.10. The number of nitrogens with one attached hydrogen (secondary N) is 1. The lowest BCUT2D eigenvalue weighted by molar-refractivity contribution is -0.145. The lowest BCUT2D eigenvalue weighted by Crippen LogP contribution is -2.51. The van der Waals surface area contributed by atoms with Crippen molar-refractivity contribution >= 4 is 16.9 Å². The number of nitrogens with zero attached hydrogens (tertiary/aromatic N) is 1. The Labute approximate surface area is 125 Å². The normalized spacial score (nSPS) is 13.8. The minimum Gasteiger partial charge on any atom is -0.480 e. The molecule has 4 heteroatoms. The number of aromatic nitrogens is 1. The highest BCUT2D eigenvalue weighted by molar-refractivity contribution is 5.84. The molecule has 0 amide bonds. The Morgan fingerprint density at radius 1 is 1.38 bits per heavy atom. The number of aromatic amines is 1. The van der Waals surface area contributed by atoms with Gasteiger partial charge in [-0.2, -0.15) is 0 Å². The van der Waals surface area contributed by atoms with Gasteiger partial charge in [0.2, 0.25) is 0 Å². The zero-order valence-corrected chi connectivity index (χ0v) is 13.2. The summed E-state index contributed by atoms with van der Waals surface area (Å²) in [6, 6.07) is 7.47. The molecular formula is C17H24N2O2. The molecule has 0 spiro atoms. The fourth-order valence-electron chi connectivity index (χ4n) is 2.57. The summed E-state index contributed by atoms with van der Waals surface area (Å²) in [6.45, 7) is 6.25. The number of H-pyrrole nitrogens is 1. The van der Waals surface area contributed by atoms with Crippen molar-refractivity contribution in [1.82, 2.24) is 9.88 Å². The van der Waals surface area contributed by atoms with E-state index in [1.807, 2.05) is 42.4 Å². The van der Waals surface area contributed by atoms with Crippen molar-refractivity contribution in [2.75, 3.05) is 7.05 Å². The molecule has 1 aromatic heterocycles. The van der Waals surface area contributed by atoms with Gasteiger partial charge < -0.3 is 10.1 Å². The predicted octanol–water partition coefficient (Wildman–Crippen LogP) is 3.28. The standard InChI is InChI=1S/C17H24N2O2/c1-5-17(2,3)19(4)15(16(20)21)10-12-11-18-14-9-7-6-8-13(12)14/h6-9,11,15,18H,5,10H2,1-4H3,(H,20,21). The lowest BCUT2D eigenvalue weighted by Gasteiger charge is -2.38. The number of hydrogen-bond acceptors (Lipinski definition) is 2. The minimum atomic E-state index is -0.774. The second kappa shape index (κ2) is 5.90. The highest BCUT2D eigenvalue weighted by Gasteiger charge is 2.32. The van der Waals surface area contributed by atoms with Gasteiger partial charge in [-0.05, 0) is 38.9 Å². The average Bonchev–Trinajstić information content (AvgIpc) is 2.87. The molecule has 1 heterocycles. The number of para-hydroxylation sites is 1. The number of carbonyl (C=O) groups is 1. The van der Waals surface area contributed by atoms with Gasteiger partial charge in [0.15, 0.2) is 0 Å². The first-order chi connectivity index (χ1) is 9.86. The van der Waals surface area contributed by atoms with Crippen LogP contribution in [0.3, 0.4) is 0 Å². The molecule has 2 N–H and O–H groups in total. The van der Waals surface area contributed by atoms with Crippen LogP contribution in [-0.4, -0.2) is 39.6 Å². The van der Waals surface area contributed by atoms with Gasteiger partial charge in [-0.15, -0.1) is 0 Å². The van der Waals surface area contributed by atoms with Gasteiger partial charge in [-0.25, -0.2) is 0 Å². The minimum absolute atomic E-state index is 0.144. The summed E-state index contributed by atoms with van der Waals surface area (Å²) < 4.78 is 0. The van der Waals surface area contributed by atoms with E-state index in [1.54, 1.807) is 0 Å². The molecule has 0 aliphatic rings. The van der Waals surface area contributed by atoms with Crippen LogP contribution in [0.25, 0.3) is 10.9 Å². The summed E-state index contributed by atoms with van der Waals surface area (Å²) in [4.78, 5) is 16.9. The molecule has 0 bridgehead atoms. The smallest absolute Gasteiger partial charge is 0.321 e. The van der Waals surface area contributed by atoms with Crippen molar-refractivity contribution in [2.24, 2.45) is 0 Å². The molecule has 0 radical (unpaired) electrons. The zero-order chi connectivity index (χ0) is 15.6. The highest BCUT2D eigenvalue weighted by Crippen LogP contribution is 2.24. The van der Waals surface area contributed by atoms with E-state index in [1.165, 1.54) is 0 Å². The molecule has 0 fully saturated rings. The number of likely N-dealkylation sites (N-methyl/N-ethyl adjacent to an activating group) is 1. The SMILES string of the molecule is CCC(C)(C)N(C)C(Cc1c[nH]c2ccccc12)C(=O)O. The predicted molar refractivity (Wildman–Crippen MR) is 85.6 cm³/mol. The first-order valence-corrected chi connectivity index (χ1v) is 7.37. The number of carboxylic acids is 1. The topological polar surface area (TPSA) is 56.3 Å². The quantitative estimate of drug-likeness (QED) is 0.857. The number of rotatable bonds is 6. The van der Waals surface area contributed by atoms with Crippen LogP contribution in [0.2, 0.25) is 0 Å². The molecule has 1 unspecified atom stereocenters. The van der Waals surface area contributed by atoms with Crippen LogP contribution in [0.15, 0.2) is 30.5 Å². The van der Waals surface area contributed by atoms with E-state index in [-0.39, 0.29) is 5.54 Å². The van der Waals surface area contributed by atoms with Crippen LogP contribution in [0, 0.1) is 0 Å². The molecule has 0 aliphatic carbocycles. The molecule has 4 nitrogen and oxygen atoms in total. The number of aliphatic carboxylic acids is 1. The lowest BCUT2D eigenvalue weighted by atomic mass is 9.95. The number of benzene rings is 1. The van der Waals surface area contributed by atoms with Crippen molar-refractivity contribution in [3.05, 3.63) is 36.0 Å². The van der Waals surface area contributed by atoms with Crippen molar-refractivity contribution in [2.45, 2.75) is 45.2 Å². The molecular weight excluding hydrogens is 264 g/mol. The summed E-state index contributed by atoms with van der Waals surface area (Å²) in [5, 5.41) is 10.7. The van der Waals surface area contributed by atoms with E-state index in [9.17, 15) is 9.90 Å². The Hall–Kier alpha value is -1.81. The summed E-state index contributed by atoms with van der Waals surface area (Å²) in [6.07, 6.45) is 3.33. The van der Waals surface area contributed by atoms with Crippen molar-refractivity contribution in [3.8, 4) is 0 Å². The van der Waals surface area contributed by atoms with E-state index >= 15 is 0 Å². The Kier molecular flexibility index (Phi) is 4.37. The van der Waals surface area contributed by atoms with Crippen molar-refractivity contribution in [1.29, 1.82) is 0 Å². The second-order valence-electron chi connectivity index (χ2n) is 6.19. The molecule has 1 atom stereocenters. The van der Waals surface area contributed by atoms with Crippen LogP contribution >= 0.6 is 0 Å². The van der Waals surface area contributed by atoms with Gasteiger partial charge in [-0.1, -0.05) is 25.1 Å². The maximum atomic E-state index is 11.7. The van der Waals surface area contributed by atoms with E-state index in [0.717, 1.165) is 22.9 Å². The van der Waals surface area contributed by atoms with Gasteiger partial charge in [0.25, 0.3) is 0 Å². The Morgan fingerprint density at radius 2 is 2.05 bits per heavy atom. The fourth-order valence-corrected chi connectivity index (χ4v) is 2.57. The molecule has 2 aromatic rings. The molecule has 0 saturated carbocycles. The molecule has 2 rings (SSSR count). The van der Waals surface area contributed by atoms with Crippen LogP contribution in [0.4, 0.5) is 0 Å². The highest BCUT2D eigenvalue weighted by atomic mass is 16.4. The first-order valence-electron chi connectivity index (χ1n) is 7.37. The fraction of sp³-hybridized carbons (Fsp3) is 0.471. The zero-order valence-electron chi connectivity index (χ0n) is 13.2. The van der Waals surface area contributed by atoms with Crippen LogP contribution < -0.4 is 0 Å². The maximum absolute atomic E-state index is 11.7. The van der Waals surface area contributed by atoms with Crippen molar-refractivity contribution in [3.63, 3.8) is 0 Å². The second-order valence-corrected chi connectivity index (χ2v) is 6.19. The Balaban J connectivity index is 2.31. The van der Waals surface area contributed by atoms with Crippen LogP contribution in [0.5, 0.6) is 0 Å². The maximum Gasteiger partial charge on any atom is 0.321 e. The Bertz CT molecular complexity index is 631. The van der Waals surface area contributed by atoms with Gasteiger partial charge >= 0.3 is 5.97 Å². The summed E-state index contributed by atoms with van der Waals surface area (Å²) >= 11 is 0. The third-order valence-corrected chi connectivity index (χ3v) is 4.66. The average molecular weight is 288 g/mol. The largest absolute Gasteiger partial charge is 0.480 e. The monoisotopic (exact) mass is 288 g/mol. The molecule has 0 saturated heterocycles. The van der Waals surface area contributed by atoms with Gasteiger partial charge in [0.1, 0.15) is 6.04 Å². The summed E-state index contributed by atoms with van der Waals surface area (Å²) in [7, 11) is 1.90. The van der Waals surface area contributed by atoms with E-state index in [4.69, 9.17) is 0 Å². The van der Waals surface area contributed by atoms with Crippen molar-refractivity contribution < 1.29 is 9.90 Å². The first kappa shape index (κ1) is 15.6. The van der Waals surface area contributed by atoms with E-state index in [0.29, 0.717) is 6.42 Å². The van der Waals surface area contributed by atoms with Gasteiger partial charge in [0, 0.05) is 29.1 Å². The van der Waals surface area contributed by atoms with E-state index in [2.05, 4.69) is 25.8 Å². The number of hydrogen-bond donors (Lipinski definition) is 2. The van der Waals surface area contributed by atoms with Gasteiger partial charge in [-0.3, -0.25) is 9.69 Å². The third-order valence-electron chi connectivity index (χ3n) is 4.66. The van der Waals surface area contributed by atoms with Gasteiger partial charge in [0.05, 0.1) is 0 Å². The summed E-state index contributed by atoms with van der Waals surface area (Å²) in [5.74, 6) is -0.774. The van der Waals surface area contributed by atoms with Crippen LogP contribution in [-0.2, 0) is 11.2 Å². The number of carboxylic acid groups (broad SMARTS) is 1. The molecule has 21 heavy (non-hydrogen) atoms. The molecule has 0 aliphatic heterocycles. The molecule has 114 valence electrons. The summed E-state index contributed by atoms with van der Waals surface area (Å²) in [5.41, 5.74) is 1.96.